The molecular weight excluding hydrogens is 342 g/mol. The maximum absolute atomic E-state index is 12.0. The first-order chi connectivity index (χ1) is 12.9. The van der Waals surface area contributed by atoms with E-state index in [1.807, 2.05) is 26.0 Å². The van der Waals surface area contributed by atoms with Gasteiger partial charge >= 0.3 is 0 Å². The Morgan fingerprint density at radius 1 is 1.04 bits per heavy atom. The summed E-state index contributed by atoms with van der Waals surface area (Å²) in [6.07, 6.45) is 1.18. The van der Waals surface area contributed by atoms with Crippen LogP contribution in [0.4, 0.5) is 5.69 Å². The molecule has 2 aromatic rings. The van der Waals surface area contributed by atoms with Gasteiger partial charge in [0.1, 0.15) is 18.1 Å². The van der Waals surface area contributed by atoms with Crippen molar-refractivity contribution in [2.75, 3.05) is 11.7 Å². The second-order valence-electron chi connectivity index (χ2n) is 6.43. The molecule has 2 aromatic carbocycles. The van der Waals surface area contributed by atoms with Crippen molar-refractivity contribution in [3.63, 3.8) is 0 Å². The molecule has 0 atom stereocenters. The van der Waals surface area contributed by atoms with Crippen LogP contribution in [0.15, 0.2) is 30.3 Å². The van der Waals surface area contributed by atoms with Crippen LogP contribution in [0.1, 0.15) is 49.4 Å². The molecule has 2 rings (SSSR count). The van der Waals surface area contributed by atoms with Gasteiger partial charge in [-0.3, -0.25) is 10.0 Å². The molecule has 5 nitrogen and oxygen atoms in total. The second kappa shape index (κ2) is 9.42. The van der Waals surface area contributed by atoms with E-state index >= 15 is 0 Å². The number of aryl methyl sites for hydroxylation is 3. The molecule has 27 heavy (non-hydrogen) atoms. The average molecular weight is 371 g/mol. The zero-order valence-electron chi connectivity index (χ0n) is 16.8. The second-order valence-corrected chi connectivity index (χ2v) is 6.43. The summed E-state index contributed by atoms with van der Waals surface area (Å²) in [5.41, 5.74) is 4.55. The molecule has 0 aliphatic carbocycles. The van der Waals surface area contributed by atoms with Gasteiger partial charge in [-0.1, -0.05) is 26.0 Å². The molecular formula is C22H29NO4. The fraction of sp³-hybridized carbons (Fsp3) is 0.409. The van der Waals surface area contributed by atoms with E-state index in [2.05, 4.69) is 19.9 Å². The Morgan fingerprint density at radius 2 is 1.78 bits per heavy atom. The molecule has 0 fully saturated rings. The lowest BCUT2D eigenvalue weighted by molar-refractivity contribution is -0.123. The average Bonchev–Trinajstić information content (AvgIpc) is 2.67. The Labute approximate surface area is 161 Å². The van der Waals surface area contributed by atoms with Crippen molar-refractivity contribution in [1.82, 2.24) is 0 Å². The Bertz CT molecular complexity index is 801. The van der Waals surface area contributed by atoms with E-state index < -0.39 is 0 Å². The molecule has 0 bridgehead atoms. The van der Waals surface area contributed by atoms with E-state index in [1.165, 1.54) is 11.1 Å². The molecule has 1 amide bonds. The molecule has 5 heteroatoms. The lowest BCUT2D eigenvalue weighted by Gasteiger charge is -2.21. The molecule has 0 aliphatic rings. The first kappa shape index (κ1) is 20.8. The summed E-state index contributed by atoms with van der Waals surface area (Å²) in [4.78, 5) is 12.0. The minimum Gasteiger partial charge on any atom is -0.493 e. The molecule has 0 saturated carbocycles. The summed E-state index contributed by atoms with van der Waals surface area (Å²) in [6.45, 7) is 10.5. The maximum Gasteiger partial charge on any atom is 0.250 e. The highest BCUT2D eigenvalue weighted by atomic mass is 16.5. The van der Waals surface area contributed by atoms with Crippen LogP contribution in [0.2, 0.25) is 0 Å². The molecule has 0 heterocycles. The first-order valence-corrected chi connectivity index (χ1v) is 9.42. The van der Waals surface area contributed by atoms with Crippen LogP contribution in [0.3, 0.4) is 0 Å². The van der Waals surface area contributed by atoms with E-state index in [-0.39, 0.29) is 18.9 Å². The lowest BCUT2D eigenvalue weighted by Crippen LogP contribution is -2.27. The van der Waals surface area contributed by atoms with Crippen molar-refractivity contribution in [2.45, 2.75) is 54.1 Å². The summed E-state index contributed by atoms with van der Waals surface area (Å²) in [7, 11) is 0. The number of benzene rings is 2. The van der Waals surface area contributed by atoms with Gasteiger partial charge in [-0.05, 0) is 62.1 Å². The zero-order chi connectivity index (χ0) is 20.0. The summed E-state index contributed by atoms with van der Waals surface area (Å²) < 4.78 is 11.8. The third-order valence-electron chi connectivity index (χ3n) is 4.56. The highest BCUT2D eigenvalue weighted by molar-refractivity contribution is 5.91. The predicted octanol–water partition coefficient (Wildman–Crippen LogP) is 4.98. The normalized spacial score (nSPS) is 10.6. The Balaban J connectivity index is 2.36. The number of hydrogen-bond donors (Lipinski definition) is 1. The third-order valence-corrected chi connectivity index (χ3v) is 4.56. The Kier molecular flexibility index (Phi) is 7.25. The molecule has 146 valence electrons. The van der Waals surface area contributed by atoms with Gasteiger partial charge in [0.05, 0.1) is 17.9 Å². The maximum atomic E-state index is 12.0. The number of carbonyl (C=O) groups excluding carboxylic acids is 1. The summed E-state index contributed by atoms with van der Waals surface area (Å²) in [6, 6.07) is 9.42. The number of amides is 1. The van der Waals surface area contributed by atoms with Crippen molar-refractivity contribution in [3.05, 3.63) is 52.6 Å². The van der Waals surface area contributed by atoms with E-state index in [0.29, 0.717) is 28.7 Å². The predicted molar refractivity (Wildman–Crippen MR) is 107 cm³/mol. The zero-order valence-corrected chi connectivity index (χ0v) is 16.8. The van der Waals surface area contributed by atoms with E-state index in [4.69, 9.17) is 9.47 Å². The number of anilines is 1. The fourth-order valence-corrected chi connectivity index (χ4v) is 3.01. The number of rotatable bonds is 8. The van der Waals surface area contributed by atoms with Gasteiger partial charge in [0.15, 0.2) is 0 Å². The third kappa shape index (κ3) is 4.80. The standard InChI is InChI=1S/C22H29NO4/c1-6-17-12-16(5)21(13-15(17)4)27-14-18-19(23(25)22(24)7-2)10-9-11-20(18)26-8-3/h9-13,25H,6-8,14H2,1-5H3. The molecule has 0 saturated heterocycles. The fourth-order valence-electron chi connectivity index (χ4n) is 3.01. The summed E-state index contributed by atoms with van der Waals surface area (Å²) in [5, 5.41) is 11.0. The van der Waals surface area contributed by atoms with Gasteiger partial charge in [0.2, 0.25) is 5.91 Å². The molecule has 0 aliphatic heterocycles. The van der Waals surface area contributed by atoms with Gasteiger partial charge in [-0.25, -0.2) is 0 Å². The van der Waals surface area contributed by atoms with Crippen molar-refractivity contribution < 1.29 is 19.5 Å². The SMILES string of the molecule is CCOc1cccc(N(O)C(=O)CC)c1COc1cc(C)c(CC)cc1C. The summed E-state index contributed by atoms with van der Waals surface area (Å²) in [5.74, 6) is 0.995. The van der Waals surface area contributed by atoms with Gasteiger partial charge < -0.3 is 9.47 Å². The number of carbonyl (C=O) groups is 1. The van der Waals surface area contributed by atoms with Crippen molar-refractivity contribution in [2.24, 2.45) is 0 Å². The highest BCUT2D eigenvalue weighted by Crippen LogP contribution is 2.32. The van der Waals surface area contributed by atoms with Crippen LogP contribution in [0.25, 0.3) is 0 Å². The van der Waals surface area contributed by atoms with Crippen molar-refractivity contribution >= 4 is 11.6 Å². The van der Waals surface area contributed by atoms with Gasteiger partial charge in [-0.15, -0.1) is 0 Å². The minimum atomic E-state index is -0.385. The van der Waals surface area contributed by atoms with Crippen LogP contribution in [0.5, 0.6) is 11.5 Å². The molecule has 0 aromatic heterocycles. The molecule has 1 N–H and O–H groups in total. The smallest absolute Gasteiger partial charge is 0.250 e. The number of ether oxygens (including phenoxy) is 2. The molecule has 0 unspecified atom stereocenters. The van der Waals surface area contributed by atoms with E-state index in [1.54, 1.807) is 19.1 Å². The van der Waals surface area contributed by atoms with Crippen LogP contribution in [0, 0.1) is 13.8 Å². The van der Waals surface area contributed by atoms with Crippen LogP contribution in [-0.4, -0.2) is 17.7 Å². The molecule has 0 spiro atoms. The van der Waals surface area contributed by atoms with Gasteiger partial charge in [0, 0.05) is 6.42 Å². The van der Waals surface area contributed by atoms with Crippen LogP contribution >= 0.6 is 0 Å². The highest BCUT2D eigenvalue weighted by Gasteiger charge is 2.19. The van der Waals surface area contributed by atoms with Gasteiger partial charge in [-0.2, -0.15) is 5.06 Å². The van der Waals surface area contributed by atoms with E-state index in [9.17, 15) is 10.0 Å². The van der Waals surface area contributed by atoms with Crippen molar-refractivity contribution in [3.8, 4) is 11.5 Å². The topological polar surface area (TPSA) is 59.0 Å². The monoisotopic (exact) mass is 371 g/mol. The van der Waals surface area contributed by atoms with Gasteiger partial charge in [0.25, 0.3) is 0 Å². The summed E-state index contributed by atoms with van der Waals surface area (Å²) >= 11 is 0. The quantitative estimate of drug-likeness (QED) is 0.525. The lowest BCUT2D eigenvalue weighted by atomic mass is 10.0. The number of hydroxylamine groups is 1. The Hall–Kier alpha value is -2.53. The molecule has 0 radical (unpaired) electrons. The largest absolute Gasteiger partial charge is 0.493 e. The Morgan fingerprint density at radius 3 is 2.41 bits per heavy atom. The number of nitrogens with zero attached hydrogens (tertiary/aromatic N) is 1. The minimum absolute atomic E-state index is 0.186. The van der Waals surface area contributed by atoms with Crippen LogP contribution < -0.4 is 14.5 Å². The number of hydrogen-bond acceptors (Lipinski definition) is 4. The first-order valence-electron chi connectivity index (χ1n) is 9.42. The van der Waals surface area contributed by atoms with Crippen LogP contribution in [-0.2, 0) is 17.8 Å². The van der Waals surface area contributed by atoms with E-state index in [0.717, 1.165) is 17.7 Å². The van der Waals surface area contributed by atoms with Crippen molar-refractivity contribution in [1.29, 1.82) is 0 Å².